The maximum atomic E-state index is 9.59. The summed E-state index contributed by atoms with van der Waals surface area (Å²) in [6, 6.07) is 10.6. The Hall–Kier alpha value is -1.08. The largest absolute Gasteiger partial charge is 0.392 e. The van der Waals surface area contributed by atoms with Crippen molar-refractivity contribution in [2.45, 2.75) is 25.7 Å². The van der Waals surface area contributed by atoms with Crippen LogP contribution in [-0.2, 0) is 0 Å². The van der Waals surface area contributed by atoms with Gasteiger partial charge in [0, 0.05) is 0 Å². The van der Waals surface area contributed by atoms with Crippen LogP contribution in [-0.4, -0.2) is 11.7 Å². The van der Waals surface area contributed by atoms with Crippen molar-refractivity contribution in [2.24, 2.45) is 11.8 Å². The Kier molecular flexibility index (Phi) is 2.56. The minimum atomic E-state index is 0.255. The number of allylic oxidation sites excluding steroid dienone is 1. The molecule has 1 fully saturated rings. The Morgan fingerprint density at radius 3 is 2.19 bits per heavy atom. The van der Waals surface area contributed by atoms with Gasteiger partial charge < -0.3 is 5.11 Å². The van der Waals surface area contributed by atoms with Gasteiger partial charge in [-0.15, -0.1) is 0 Å². The number of rotatable bonds is 2. The van der Waals surface area contributed by atoms with E-state index in [4.69, 9.17) is 0 Å². The highest BCUT2D eigenvalue weighted by Crippen LogP contribution is 2.48. The predicted octanol–water partition coefficient (Wildman–Crippen LogP) is 3.25. The van der Waals surface area contributed by atoms with Crippen LogP contribution < -0.4 is 0 Å². The molecule has 1 aromatic rings. The molecule has 84 valence electrons. The lowest BCUT2D eigenvalue weighted by Crippen LogP contribution is -2.27. The van der Waals surface area contributed by atoms with Crippen molar-refractivity contribution in [3.05, 3.63) is 41.5 Å². The van der Waals surface area contributed by atoms with Gasteiger partial charge in [-0.1, -0.05) is 30.3 Å². The fraction of sp³-hybridized carbons (Fsp3) is 0.467. The highest BCUT2D eigenvalue weighted by atomic mass is 16.3. The van der Waals surface area contributed by atoms with Crippen LogP contribution in [0.1, 0.15) is 31.2 Å². The van der Waals surface area contributed by atoms with Crippen molar-refractivity contribution in [2.75, 3.05) is 6.61 Å². The molecule has 0 atom stereocenters. The zero-order chi connectivity index (χ0) is 11.0. The summed E-state index contributed by atoms with van der Waals surface area (Å²) >= 11 is 0. The smallest absolute Gasteiger partial charge is 0.0650 e. The second-order valence-corrected chi connectivity index (χ2v) is 5.01. The van der Waals surface area contributed by atoms with Crippen LogP contribution in [0.4, 0.5) is 0 Å². The van der Waals surface area contributed by atoms with Gasteiger partial charge in [0.15, 0.2) is 0 Å². The minimum Gasteiger partial charge on any atom is -0.392 e. The summed E-state index contributed by atoms with van der Waals surface area (Å²) in [5, 5.41) is 9.59. The average Bonchev–Trinajstić information content (AvgIpc) is 2.40. The molecular formula is C15H18O. The van der Waals surface area contributed by atoms with Gasteiger partial charge in [-0.05, 0) is 54.2 Å². The molecule has 2 bridgehead atoms. The van der Waals surface area contributed by atoms with Crippen molar-refractivity contribution < 1.29 is 5.11 Å². The second kappa shape index (κ2) is 4.06. The molecule has 0 aliphatic heterocycles. The van der Waals surface area contributed by atoms with Gasteiger partial charge in [0.05, 0.1) is 6.61 Å². The van der Waals surface area contributed by atoms with Crippen LogP contribution in [0, 0.1) is 11.8 Å². The molecule has 1 nitrogen and oxygen atoms in total. The first-order valence-corrected chi connectivity index (χ1v) is 6.29. The van der Waals surface area contributed by atoms with Crippen LogP contribution in [0.5, 0.6) is 0 Å². The van der Waals surface area contributed by atoms with E-state index >= 15 is 0 Å². The van der Waals surface area contributed by atoms with Crippen LogP contribution >= 0.6 is 0 Å². The number of aliphatic hydroxyl groups is 1. The van der Waals surface area contributed by atoms with E-state index < -0.39 is 0 Å². The molecule has 1 saturated carbocycles. The standard InChI is InChI=1S/C15H18O/c16-10-14-11-6-8-13(9-7-11)15(14)12-4-2-1-3-5-12/h1-5,11,13,16H,6-10H2. The van der Waals surface area contributed by atoms with Crippen molar-refractivity contribution in [3.63, 3.8) is 0 Å². The number of benzene rings is 1. The predicted molar refractivity (Wildman–Crippen MR) is 65.9 cm³/mol. The molecule has 0 radical (unpaired) electrons. The summed E-state index contributed by atoms with van der Waals surface area (Å²) in [4.78, 5) is 0. The number of aliphatic hydroxyl groups excluding tert-OH is 1. The SMILES string of the molecule is OCC1=C(c2ccccc2)C2CCC1CC2. The van der Waals surface area contributed by atoms with Gasteiger partial charge in [0.2, 0.25) is 0 Å². The zero-order valence-electron chi connectivity index (χ0n) is 9.52. The van der Waals surface area contributed by atoms with Crippen molar-refractivity contribution in [3.8, 4) is 0 Å². The van der Waals surface area contributed by atoms with Gasteiger partial charge in [0.25, 0.3) is 0 Å². The van der Waals surface area contributed by atoms with E-state index in [0.29, 0.717) is 11.8 Å². The lowest BCUT2D eigenvalue weighted by Gasteiger charge is -2.40. The van der Waals surface area contributed by atoms with E-state index in [1.807, 2.05) is 0 Å². The summed E-state index contributed by atoms with van der Waals surface area (Å²) in [5.41, 5.74) is 4.13. The molecule has 3 aliphatic carbocycles. The maximum Gasteiger partial charge on any atom is 0.0650 e. The Morgan fingerprint density at radius 1 is 0.938 bits per heavy atom. The molecule has 16 heavy (non-hydrogen) atoms. The Bertz CT molecular complexity index is 397. The maximum absolute atomic E-state index is 9.59. The van der Waals surface area contributed by atoms with Gasteiger partial charge in [-0.3, -0.25) is 0 Å². The van der Waals surface area contributed by atoms with Crippen LogP contribution in [0.2, 0.25) is 0 Å². The van der Waals surface area contributed by atoms with Gasteiger partial charge >= 0.3 is 0 Å². The molecule has 0 aromatic heterocycles. The van der Waals surface area contributed by atoms with Crippen molar-refractivity contribution in [1.82, 2.24) is 0 Å². The fourth-order valence-electron chi connectivity index (χ4n) is 3.47. The minimum absolute atomic E-state index is 0.255. The molecule has 0 heterocycles. The highest BCUT2D eigenvalue weighted by Gasteiger charge is 2.34. The third-order valence-electron chi connectivity index (χ3n) is 4.23. The van der Waals surface area contributed by atoms with E-state index in [2.05, 4.69) is 30.3 Å². The summed E-state index contributed by atoms with van der Waals surface area (Å²) in [6.45, 7) is 0.255. The number of fused-ring (bicyclic) bond motifs is 2. The normalized spacial score (nSPS) is 28.6. The Labute approximate surface area is 96.8 Å². The first-order chi connectivity index (χ1) is 7.90. The Morgan fingerprint density at radius 2 is 1.56 bits per heavy atom. The van der Waals surface area contributed by atoms with E-state index in [-0.39, 0.29) is 6.61 Å². The molecule has 0 amide bonds. The zero-order valence-corrected chi connectivity index (χ0v) is 9.52. The van der Waals surface area contributed by atoms with Crippen molar-refractivity contribution >= 4 is 5.57 Å². The van der Waals surface area contributed by atoms with Gasteiger partial charge in [-0.25, -0.2) is 0 Å². The topological polar surface area (TPSA) is 20.2 Å². The molecule has 1 aromatic carbocycles. The van der Waals surface area contributed by atoms with Gasteiger partial charge in [-0.2, -0.15) is 0 Å². The molecule has 0 spiro atoms. The molecule has 4 rings (SSSR count). The highest BCUT2D eigenvalue weighted by molar-refractivity contribution is 5.72. The van der Waals surface area contributed by atoms with Crippen LogP contribution in [0.3, 0.4) is 0 Å². The van der Waals surface area contributed by atoms with E-state index in [9.17, 15) is 5.11 Å². The molecule has 3 aliphatic rings. The molecule has 1 heteroatoms. The number of hydrogen-bond donors (Lipinski definition) is 1. The lowest BCUT2D eigenvalue weighted by atomic mass is 9.65. The fourth-order valence-corrected chi connectivity index (χ4v) is 3.47. The quantitative estimate of drug-likeness (QED) is 0.801. The first kappa shape index (κ1) is 10.1. The Balaban J connectivity index is 2.09. The lowest BCUT2D eigenvalue weighted by molar-refractivity contribution is 0.261. The molecule has 1 N–H and O–H groups in total. The van der Waals surface area contributed by atoms with E-state index in [0.717, 1.165) is 0 Å². The third kappa shape index (κ3) is 1.51. The van der Waals surface area contributed by atoms with Crippen LogP contribution in [0.25, 0.3) is 5.57 Å². The first-order valence-electron chi connectivity index (χ1n) is 6.29. The van der Waals surface area contributed by atoms with Crippen LogP contribution in [0.15, 0.2) is 35.9 Å². The summed E-state index contributed by atoms with van der Waals surface area (Å²) in [6.07, 6.45) is 5.21. The summed E-state index contributed by atoms with van der Waals surface area (Å²) < 4.78 is 0. The number of hydrogen-bond acceptors (Lipinski definition) is 1. The molecule has 0 unspecified atom stereocenters. The molecular weight excluding hydrogens is 196 g/mol. The van der Waals surface area contributed by atoms with Gasteiger partial charge in [0.1, 0.15) is 0 Å². The average molecular weight is 214 g/mol. The van der Waals surface area contributed by atoms with Crippen molar-refractivity contribution in [1.29, 1.82) is 0 Å². The summed E-state index contributed by atoms with van der Waals surface area (Å²) in [5.74, 6) is 1.36. The second-order valence-electron chi connectivity index (χ2n) is 5.01. The van der Waals surface area contributed by atoms with E-state index in [1.165, 1.54) is 42.4 Å². The van der Waals surface area contributed by atoms with E-state index in [1.54, 1.807) is 0 Å². The monoisotopic (exact) mass is 214 g/mol. The molecule has 0 saturated heterocycles. The summed E-state index contributed by atoms with van der Waals surface area (Å²) in [7, 11) is 0. The third-order valence-corrected chi connectivity index (χ3v) is 4.23.